The number of amides is 1. The molecule has 0 aromatic heterocycles. The van der Waals surface area contributed by atoms with Crippen molar-refractivity contribution in [2.75, 3.05) is 25.9 Å². The fourth-order valence-corrected chi connectivity index (χ4v) is 4.49. The minimum atomic E-state index is -0.250. The van der Waals surface area contributed by atoms with E-state index in [1.54, 1.807) is 18.2 Å². The molecule has 182 valence electrons. The molecule has 0 aliphatic carbocycles. The van der Waals surface area contributed by atoms with E-state index in [9.17, 15) is 4.79 Å². The Labute approximate surface area is 211 Å². The average Bonchev–Trinajstić information content (AvgIpc) is 2.82. The molecular weight excluding hydrogens is 460 g/mol. The number of halogens is 1. The van der Waals surface area contributed by atoms with Crippen LogP contribution in [0.1, 0.15) is 46.9 Å². The van der Waals surface area contributed by atoms with Crippen molar-refractivity contribution in [2.45, 2.75) is 26.0 Å². The number of rotatable bonds is 8. The lowest BCUT2D eigenvalue weighted by Gasteiger charge is -2.36. The number of anilines is 1. The van der Waals surface area contributed by atoms with E-state index in [0.29, 0.717) is 27.4 Å². The molecule has 1 aliphatic heterocycles. The number of likely N-dealkylation sites (N-methyl/N-ethyl adjacent to an activating group) is 1. The van der Waals surface area contributed by atoms with Gasteiger partial charge >= 0.3 is 0 Å². The zero-order valence-corrected chi connectivity index (χ0v) is 21.0. The van der Waals surface area contributed by atoms with Crippen LogP contribution in [0.15, 0.2) is 66.7 Å². The third-order valence-corrected chi connectivity index (χ3v) is 6.60. The van der Waals surface area contributed by atoms with E-state index in [1.807, 2.05) is 62.4 Å². The molecule has 7 heteroatoms. The number of benzene rings is 3. The standard InChI is InChI=1S/C28H31ClN4O2/c1-17(2)27(22-6-4-5-7-24(22)29)32-28(34)19-10-13-25(30)23(14-19)26(31)18-8-11-20(12-9-18)35-21-15-33(3)16-21/h4-14,17,21,27,31H,15-16,30H2,1-3H3,(H,32,34). The number of carbonyl (C=O) groups is 1. The Balaban J connectivity index is 1.51. The van der Waals surface area contributed by atoms with Gasteiger partial charge in [-0.25, -0.2) is 0 Å². The zero-order chi connectivity index (χ0) is 25.1. The van der Waals surface area contributed by atoms with Crippen molar-refractivity contribution < 1.29 is 9.53 Å². The molecule has 35 heavy (non-hydrogen) atoms. The molecule has 3 aromatic carbocycles. The molecule has 3 aromatic rings. The summed E-state index contributed by atoms with van der Waals surface area (Å²) in [7, 11) is 2.06. The predicted molar refractivity (Wildman–Crippen MR) is 142 cm³/mol. The van der Waals surface area contributed by atoms with Crippen molar-refractivity contribution in [1.29, 1.82) is 5.41 Å². The van der Waals surface area contributed by atoms with Gasteiger partial charge in [0.05, 0.1) is 11.8 Å². The molecule has 0 saturated carbocycles. The van der Waals surface area contributed by atoms with Crippen molar-refractivity contribution in [1.82, 2.24) is 10.2 Å². The highest BCUT2D eigenvalue weighted by molar-refractivity contribution is 6.31. The van der Waals surface area contributed by atoms with Crippen LogP contribution < -0.4 is 15.8 Å². The van der Waals surface area contributed by atoms with E-state index in [0.717, 1.165) is 24.4 Å². The van der Waals surface area contributed by atoms with Gasteiger partial charge in [-0.3, -0.25) is 15.1 Å². The van der Waals surface area contributed by atoms with Gasteiger partial charge < -0.3 is 15.8 Å². The van der Waals surface area contributed by atoms with Crippen LogP contribution in [0, 0.1) is 11.3 Å². The summed E-state index contributed by atoms with van der Waals surface area (Å²) in [5.41, 5.74) is 9.40. The third-order valence-electron chi connectivity index (χ3n) is 6.25. The smallest absolute Gasteiger partial charge is 0.251 e. The number of ether oxygens (including phenoxy) is 1. The molecule has 1 saturated heterocycles. The Hall–Kier alpha value is -3.35. The van der Waals surface area contributed by atoms with Gasteiger partial charge in [-0.15, -0.1) is 0 Å². The zero-order valence-electron chi connectivity index (χ0n) is 20.2. The predicted octanol–water partition coefficient (Wildman–Crippen LogP) is 5.16. The van der Waals surface area contributed by atoms with E-state index in [2.05, 4.69) is 17.3 Å². The van der Waals surface area contributed by atoms with Gasteiger partial charge in [-0.1, -0.05) is 43.6 Å². The van der Waals surface area contributed by atoms with Crippen molar-refractivity contribution in [3.63, 3.8) is 0 Å². The number of nitrogen functional groups attached to an aromatic ring is 1. The maximum absolute atomic E-state index is 13.2. The Morgan fingerprint density at radius 1 is 1.09 bits per heavy atom. The van der Waals surface area contributed by atoms with Crippen molar-refractivity contribution in [3.8, 4) is 5.75 Å². The lowest BCUT2D eigenvalue weighted by Crippen LogP contribution is -2.51. The number of nitrogens with two attached hydrogens (primary N) is 1. The fraction of sp³-hybridized carbons (Fsp3) is 0.286. The van der Waals surface area contributed by atoms with Crippen molar-refractivity contribution in [2.24, 2.45) is 5.92 Å². The van der Waals surface area contributed by atoms with Crippen LogP contribution in [0.5, 0.6) is 5.75 Å². The van der Waals surface area contributed by atoms with Crippen molar-refractivity contribution >= 4 is 28.9 Å². The summed E-state index contributed by atoms with van der Waals surface area (Å²) in [5.74, 6) is 0.665. The van der Waals surface area contributed by atoms with Crippen LogP contribution in [0.3, 0.4) is 0 Å². The van der Waals surface area contributed by atoms with E-state index >= 15 is 0 Å². The van der Waals surface area contributed by atoms with Gasteiger partial charge in [0.1, 0.15) is 11.9 Å². The fourth-order valence-electron chi connectivity index (χ4n) is 4.23. The van der Waals surface area contributed by atoms with Crippen molar-refractivity contribution in [3.05, 3.63) is 94.0 Å². The summed E-state index contributed by atoms with van der Waals surface area (Å²) in [4.78, 5) is 15.4. The van der Waals surface area contributed by atoms with E-state index in [-0.39, 0.29) is 29.7 Å². The number of carbonyl (C=O) groups excluding carboxylic acids is 1. The number of likely N-dealkylation sites (tertiary alicyclic amines) is 1. The van der Waals surface area contributed by atoms with Gasteiger partial charge in [0.2, 0.25) is 0 Å². The van der Waals surface area contributed by atoms with Gasteiger partial charge in [0.15, 0.2) is 0 Å². The Bertz CT molecular complexity index is 1220. The second-order valence-corrected chi connectivity index (χ2v) is 9.79. The molecule has 1 unspecified atom stereocenters. The molecule has 1 fully saturated rings. The molecule has 1 aliphatic rings. The molecular formula is C28H31ClN4O2. The first kappa shape index (κ1) is 24.8. The van der Waals surface area contributed by atoms with Crippen LogP contribution in [-0.4, -0.2) is 42.8 Å². The Morgan fingerprint density at radius 3 is 2.37 bits per heavy atom. The second kappa shape index (κ2) is 10.5. The van der Waals surface area contributed by atoms with Crippen LogP contribution >= 0.6 is 11.6 Å². The normalized spacial score (nSPS) is 14.9. The number of nitrogens with one attached hydrogen (secondary N) is 2. The number of hydrogen-bond donors (Lipinski definition) is 3. The summed E-state index contributed by atoms with van der Waals surface area (Å²) in [6, 6.07) is 19.7. The number of hydrogen-bond acceptors (Lipinski definition) is 5. The Morgan fingerprint density at radius 2 is 1.74 bits per heavy atom. The highest BCUT2D eigenvalue weighted by Gasteiger charge is 2.25. The van der Waals surface area contributed by atoms with Gasteiger partial charge in [0.25, 0.3) is 5.91 Å². The van der Waals surface area contributed by atoms with Gasteiger partial charge in [-0.05, 0) is 67.1 Å². The quantitative estimate of drug-likeness (QED) is 0.300. The minimum absolute atomic E-state index is 0.131. The molecule has 0 radical (unpaired) electrons. The highest BCUT2D eigenvalue weighted by Crippen LogP contribution is 2.29. The molecule has 0 bridgehead atoms. The average molecular weight is 491 g/mol. The van der Waals surface area contributed by atoms with E-state index < -0.39 is 0 Å². The van der Waals surface area contributed by atoms with E-state index in [1.165, 1.54) is 0 Å². The monoisotopic (exact) mass is 490 g/mol. The van der Waals surface area contributed by atoms with Gasteiger partial charge in [0, 0.05) is 40.5 Å². The molecule has 4 rings (SSSR count). The second-order valence-electron chi connectivity index (χ2n) is 9.38. The SMILES string of the molecule is CC(C)C(NC(=O)c1ccc(N)c(C(=N)c2ccc(OC3CN(C)C3)cc2)c1)c1ccccc1Cl. The highest BCUT2D eigenvalue weighted by atomic mass is 35.5. The first-order valence-corrected chi connectivity index (χ1v) is 12.1. The maximum atomic E-state index is 13.2. The summed E-state index contributed by atoms with van der Waals surface area (Å²) in [6.45, 7) is 5.90. The molecule has 1 amide bonds. The van der Waals surface area contributed by atoms with Crippen LogP contribution in [0.2, 0.25) is 5.02 Å². The summed E-state index contributed by atoms with van der Waals surface area (Å²) < 4.78 is 5.94. The first-order valence-electron chi connectivity index (χ1n) is 11.7. The summed E-state index contributed by atoms with van der Waals surface area (Å²) in [5, 5.41) is 12.4. The molecule has 0 spiro atoms. The molecule has 1 heterocycles. The molecule has 4 N–H and O–H groups in total. The summed E-state index contributed by atoms with van der Waals surface area (Å²) in [6.07, 6.45) is 0.205. The lowest BCUT2D eigenvalue weighted by atomic mass is 9.95. The Kier molecular flexibility index (Phi) is 7.43. The van der Waals surface area contributed by atoms with Crippen LogP contribution in [0.4, 0.5) is 5.69 Å². The van der Waals surface area contributed by atoms with Crippen LogP contribution in [0.25, 0.3) is 0 Å². The third kappa shape index (κ3) is 5.66. The van der Waals surface area contributed by atoms with E-state index in [4.69, 9.17) is 27.5 Å². The summed E-state index contributed by atoms with van der Waals surface area (Å²) >= 11 is 6.40. The molecule has 1 atom stereocenters. The lowest BCUT2D eigenvalue weighted by molar-refractivity contribution is 0.0388. The van der Waals surface area contributed by atoms with Gasteiger partial charge in [-0.2, -0.15) is 0 Å². The van der Waals surface area contributed by atoms with Crippen LogP contribution in [-0.2, 0) is 0 Å². The molecule has 6 nitrogen and oxygen atoms in total. The number of nitrogens with zero attached hydrogens (tertiary/aromatic N) is 1. The largest absolute Gasteiger partial charge is 0.488 e. The maximum Gasteiger partial charge on any atom is 0.251 e. The minimum Gasteiger partial charge on any atom is -0.488 e. The topological polar surface area (TPSA) is 91.4 Å². The first-order chi connectivity index (χ1) is 16.7.